The minimum absolute atomic E-state index is 0. The van der Waals surface area contributed by atoms with Crippen LogP contribution in [0.4, 0.5) is 50.2 Å². The van der Waals surface area contributed by atoms with Gasteiger partial charge in [0.2, 0.25) is 5.69 Å². The topological polar surface area (TPSA) is 38.5 Å². The molecule has 0 saturated carbocycles. The molecule has 1 unspecified atom stereocenters. The maximum Gasteiger partial charge on any atom is 0.345 e. The first-order valence-corrected chi connectivity index (χ1v) is 20.7. The Hall–Kier alpha value is -6.31. The molecular weight excluding hydrogens is 831 g/mol. The van der Waals surface area contributed by atoms with E-state index in [-0.39, 0.29) is 35.1 Å². The molecule has 0 fully saturated rings. The van der Waals surface area contributed by atoms with E-state index in [2.05, 4.69) is 0 Å². The molecule has 0 amide bonds. The van der Waals surface area contributed by atoms with Gasteiger partial charge in [-0.2, -0.15) is 9.80 Å². The molecule has 16 heteroatoms. The number of hydrogen-bond acceptors (Lipinski definition) is 3. The van der Waals surface area contributed by atoms with Crippen LogP contribution in [0, 0.1) is 16.4 Å². The Morgan fingerprint density at radius 3 is 1.46 bits per heavy atom. The molecule has 0 aliphatic carbocycles. The summed E-state index contributed by atoms with van der Waals surface area (Å²) in [6.07, 6.45) is 1.56. The Morgan fingerprint density at radius 1 is 0.559 bits per heavy atom. The number of anilines is 1. The summed E-state index contributed by atoms with van der Waals surface area (Å²) in [5.74, 6) is 0.506. The van der Waals surface area contributed by atoms with Gasteiger partial charge in [-0.15, -0.1) is 0 Å². The lowest BCUT2D eigenvalue weighted by Gasteiger charge is -2.43. The van der Waals surface area contributed by atoms with E-state index in [0.29, 0.717) is 5.69 Å². The molecule has 312 valence electrons. The van der Waals surface area contributed by atoms with E-state index in [1.807, 2.05) is 48.5 Å². The van der Waals surface area contributed by atoms with Gasteiger partial charge in [0.25, 0.3) is 0 Å². The average Bonchev–Trinajstić information content (AvgIpc) is 3.62. The standard InChI is InChI=1S/C21H16F5NOS.C13H11NO.C8H5F5S.CH4/c22-29(23,24,25,26)21-19(16-10-4-1-5-11-16)27(18-14-8-3-9-15-18)28-20(21)17-12-6-2-7-13-17;15-14(13-9-5-2-6-10-13)11-12-7-3-1-4-8-12;9-14(10,11,12,13)7-6-8-4-2-1-3-5-8;/h1-15,19H;1-11H;1-5H;1H4/b;14-11-;;. The van der Waals surface area contributed by atoms with Crippen LogP contribution in [0.5, 0.6) is 0 Å². The summed E-state index contributed by atoms with van der Waals surface area (Å²) in [5.41, 5.74) is 1.64. The molecule has 0 saturated heterocycles. The minimum Gasteiger partial charge on any atom is -0.618 e. The lowest BCUT2D eigenvalue weighted by atomic mass is 10.0. The first-order chi connectivity index (χ1) is 27.0. The number of rotatable bonds is 6. The van der Waals surface area contributed by atoms with Crippen LogP contribution < -0.4 is 5.06 Å². The van der Waals surface area contributed by atoms with Crippen LogP contribution in [0.1, 0.15) is 35.7 Å². The van der Waals surface area contributed by atoms with Gasteiger partial charge >= 0.3 is 20.4 Å². The largest absolute Gasteiger partial charge is 0.618 e. The van der Waals surface area contributed by atoms with E-state index < -0.39 is 37.2 Å². The van der Waals surface area contributed by atoms with Gasteiger partial charge in [-0.1, -0.05) is 180 Å². The van der Waals surface area contributed by atoms with E-state index in [4.69, 9.17) is 4.84 Å². The maximum absolute atomic E-state index is 14.3. The van der Waals surface area contributed by atoms with E-state index in [0.717, 1.165) is 15.4 Å². The molecule has 6 aromatic rings. The smallest absolute Gasteiger partial charge is 0.345 e. The van der Waals surface area contributed by atoms with Crippen LogP contribution >= 0.6 is 20.4 Å². The highest BCUT2D eigenvalue weighted by molar-refractivity contribution is 8.49. The summed E-state index contributed by atoms with van der Waals surface area (Å²) in [6.45, 7) is 0. The third-order valence-corrected chi connectivity index (χ3v) is 9.44. The van der Waals surface area contributed by atoms with Gasteiger partial charge in [0.05, 0.1) is 10.9 Å². The number of nitrogens with zero attached hydrogens (tertiary/aromatic N) is 2. The van der Waals surface area contributed by atoms with Crippen molar-refractivity contribution in [2.75, 3.05) is 5.06 Å². The summed E-state index contributed by atoms with van der Waals surface area (Å²) in [7, 11) is -19.7. The third kappa shape index (κ3) is 13.9. The van der Waals surface area contributed by atoms with Gasteiger partial charge in [-0.3, -0.25) is 0 Å². The van der Waals surface area contributed by atoms with Crippen molar-refractivity contribution in [1.82, 2.24) is 0 Å². The molecule has 0 radical (unpaired) electrons. The van der Waals surface area contributed by atoms with Gasteiger partial charge in [0, 0.05) is 28.8 Å². The molecule has 0 N–H and O–H groups in total. The van der Waals surface area contributed by atoms with Gasteiger partial charge in [0.1, 0.15) is 6.04 Å². The molecule has 1 aliphatic heterocycles. The maximum atomic E-state index is 14.3. The summed E-state index contributed by atoms with van der Waals surface area (Å²) < 4.78 is 131. The third-order valence-electron chi connectivity index (χ3n) is 7.71. The number of para-hydroxylation sites is 2. The SMILES string of the molecule is C.FS(F)(F)(F)(F)C#Cc1ccccc1.FS(F)(F)(F)(F)C1=C(c2ccccc2)ON(c2ccccc2)C1c1ccccc1.[O-]/[N+](=C\c1ccccc1)c1ccccc1. The Morgan fingerprint density at radius 2 is 0.983 bits per heavy atom. The van der Waals surface area contributed by atoms with Gasteiger partial charge in [-0.05, 0) is 47.9 Å². The quantitative estimate of drug-likeness (QED) is 0.0418. The second-order valence-electron chi connectivity index (χ2n) is 12.4. The number of benzene rings is 6. The van der Waals surface area contributed by atoms with Crippen LogP contribution in [0.15, 0.2) is 187 Å². The van der Waals surface area contributed by atoms with Crippen LogP contribution in [-0.2, 0) is 4.84 Å². The normalized spacial score (nSPS) is 16.3. The molecular formula is C43H36F10N2O2S2. The van der Waals surface area contributed by atoms with Gasteiger partial charge < -0.3 is 10.0 Å². The van der Waals surface area contributed by atoms with Crippen molar-refractivity contribution in [2.24, 2.45) is 0 Å². The molecule has 1 aliphatic rings. The molecule has 59 heavy (non-hydrogen) atoms. The van der Waals surface area contributed by atoms with Gasteiger partial charge in [-0.25, -0.2) is 0 Å². The van der Waals surface area contributed by atoms with Gasteiger partial charge in [0.15, 0.2) is 16.9 Å². The Kier molecular flexibility index (Phi) is 12.4. The summed E-state index contributed by atoms with van der Waals surface area (Å²) >= 11 is 0. The summed E-state index contributed by atoms with van der Waals surface area (Å²) in [5, 5.41) is 12.7. The first kappa shape index (κ1) is 45.4. The van der Waals surface area contributed by atoms with Crippen molar-refractivity contribution in [3.8, 4) is 11.2 Å². The van der Waals surface area contributed by atoms with Crippen molar-refractivity contribution >= 4 is 43.8 Å². The monoisotopic (exact) mass is 866 g/mol. The van der Waals surface area contributed by atoms with Crippen molar-refractivity contribution in [1.29, 1.82) is 0 Å². The van der Waals surface area contributed by atoms with Crippen LogP contribution in [-0.4, -0.2) is 11.0 Å². The first-order valence-electron chi connectivity index (χ1n) is 16.8. The van der Waals surface area contributed by atoms with Crippen LogP contribution in [0.3, 0.4) is 0 Å². The lowest BCUT2D eigenvalue weighted by molar-refractivity contribution is -0.354. The average molecular weight is 867 g/mol. The van der Waals surface area contributed by atoms with Crippen molar-refractivity contribution in [3.05, 3.63) is 214 Å². The van der Waals surface area contributed by atoms with E-state index in [9.17, 15) is 44.1 Å². The Balaban J connectivity index is 0.000000216. The Labute approximate surface area is 335 Å². The highest BCUT2D eigenvalue weighted by atomic mass is 32.5. The van der Waals surface area contributed by atoms with E-state index >= 15 is 0 Å². The number of hydrogen-bond donors (Lipinski definition) is 0. The van der Waals surface area contributed by atoms with Crippen molar-refractivity contribution in [2.45, 2.75) is 13.5 Å². The van der Waals surface area contributed by atoms with Crippen LogP contribution in [0.2, 0.25) is 0 Å². The molecule has 0 bridgehead atoms. The molecule has 1 heterocycles. The Bertz CT molecular complexity index is 2440. The second kappa shape index (κ2) is 16.1. The highest BCUT2D eigenvalue weighted by Crippen LogP contribution is 3.04. The summed E-state index contributed by atoms with van der Waals surface area (Å²) in [4.78, 5) is 3.56. The zero-order valence-electron chi connectivity index (χ0n) is 29.8. The molecule has 0 aromatic heterocycles. The second-order valence-corrected chi connectivity index (χ2v) is 16.9. The predicted molar refractivity (Wildman–Crippen MR) is 220 cm³/mol. The van der Waals surface area contributed by atoms with Crippen LogP contribution in [0.25, 0.3) is 5.76 Å². The fraction of sp³-hybridized carbons (Fsp3) is 0.0465. The zero-order valence-corrected chi connectivity index (χ0v) is 31.4. The molecule has 1 atom stereocenters. The zero-order chi connectivity index (χ0) is 42.2. The number of halogens is 10. The molecule has 7 rings (SSSR count). The summed E-state index contributed by atoms with van der Waals surface area (Å²) in [6, 6.07) is 46.0. The molecule has 6 aromatic carbocycles. The van der Waals surface area contributed by atoms with Crippen molar-refractivity contribution < 1.29 is 48.4 Å². The highest BCUT2D eigenvalue weighted by Gasteiger charge is 2.73. The lowest BCUT2D eigenvalue weighted by Crippen LogP contribution is -2.26. The fourth-order valence-corrected chi connectivity index (χ4v) is 6.77. The predicted octanol–water partition coefficient (Wildman–Crippen LogP) is 15.7. The van der Waals surface area contributed by atoms with E-state index in [1.165, 1.54) is 90.8 Å². The minimum atomic E-state index is -10.1. The molecule has 4 nitrogen and oxygen atoms in total. The number of hydroxylamine groups is 1. The fourth-order valence-electron chi connectivity index (χ4n) is 5.30. The van der Waals surface area contributed by atoms with E-state index in [1.54, 1.807) is 54.7 Å². The van der Waals surface area contributed by atoms with Crippen molar-refractivity contribution in [3.63, 3.8) is 0 Å². The molecule has 0 spiro atoms.